The second-order valence-electron chi connectivity index (χ2n) is 4.82. The molecule has 0 aromatic heterocycles. The number of hydrogen-bond donors (Lipinski definition) is 1. The summed E-state index contributed by atoms with van der Waals surface area (Å²) >= 11 is 5.75. The normalized spacial score (nSPS) is 13.6. The first kappa shape index (κ1) is 14.8. The van der Waals surface area contributed by atoms with E-state index in [4.69, 9.17) is 11.6 Å². The Morgan fingerprint density at radius 3 is 2.60 bits per heavy atom. The summed E-state index contributed by atoms with van der Waals surface area (Å²) < 4.78 is 0. The highest BCUT2D eigenvalue weighted by molar-refractivity contribution is 6.21. The molecule has 0 unspecified atom stereocenters. The van der Waals surface area contributed by atoms with Crippen molar-refractivity contribution in [2.24, 2.45) is 0 Å². The highest BCUT2D eigenvalue weighted by Gasteiger charge is 2.29. The minimum Gasteiger partial charge on any atom is -0.323 e. The van der Waals surface area contributed by atoms with Crippen molar-refractivity contribution in [3.63, 3.8) is 0 Å². The van der Waals surface area contributed by atoms with E-state index in [1.807, 2.05) is 25.1 Å². The van der Waals surface area contributed by atoms with Gasteiger partial charge in [-0.15, -0.1) is 11.6 Å². The smallest absolute Gasteiger partial charge is 0.224 e. The van der Waals surface area contributed by atoms with Crippen LogP contribution in [0.25, 0.3) is 5.57 Å². The molecule has 0 atom stereocenters. The van der Waals surface area contributed by atoms with E-state index < -0.39 is 0 Å². The van der Waals surface area contributed by atoms with Gasteiger partial charge in [0.1, 0.15) is 0 Å². The van der Waals surface area contributed by atoms with Gasteiger partial charge in [0.15, 0.2) is 0 Å². The lowest BCUT2D eigenvalue weighted by Crippen LogP contribution is -2.26. The molecule has 0 saturated carbocycles. The van der Waals surface area contributed by atoms with E-state index in [1.54, 1.807) is 6.07 Å². The van der Waals surface area contributed by atoms with Crippen molar-refractivity contribution in [1.29, 1.82) is 0 Å². The summed E-state index contributed by atoms with van der Waals surface area (Å²) in [6.45, 7) is 1.94. The third kappa shape index (κ3) is 2.93. The Bertz CT molecular complexity index is 563. The Morgan fingerprint density at radius 1 is 1.25 bits per heavy atom. The summed E-state index contributed by atoms with van der Waals surface area (Å²) in [5, 5.41) is 2.78. The number of carbonyl (C=O) groups excluding carboxylic acids is 2. The van der Waals surface area contributed by atoms with Crippen LogP contribution in [0.3, 0.4) is 0 Å². The van der Waals surface area contributed by atoms with Crippen LogP contribution < -0.4 is 5.32 Å². The minimum atomic E-state index is -0.105. The van der Waals surface area contributed by atoms with Crippen LogP contribution in [0.1, 0.15) is 48.5 Å². The van der Waals surface area contributed by atoms with Crippen LogP contribution in [0.4, 0.5) is 0 Å². The molecule has 0 aliphatic heterocycles. The van der Waals surface area contributed by atoms with Gasteiger partial charge >= 0.3 is 0 Å². The Kier molecular flexibility index (Phi) is 4.96. The van der Waals surface area contributed by atoms with Gasteiger partial charge in [-0.3, -0.25) is 9.59 Å². The molecule has 0 fully saturated rings. The fourth-order valence-electron chi connectivity index (χ4n) is 2.42. The number of allylic oxidation sites excluding steroid dienone is 2. The van der Waals surface area contributed by atoms with E-state index in [0.717, 1.165) is 24.0 Å². The van der Waals surface area contributed by atoms with Crippen LogP contribution in [-0.4, -0.2) is 17.6 Å². The molecule has 1 amide bonds. The number of nitrogens with one attached hydrogen (secondary N) is 1. The van der Waals surface area contributed by atoms with Crippen LogP contribution in [0.2, 0.25) is 0 Å². The largest absolute Gasteiger partial charge is 0.323 e. The fraction of sp³-hybridized carbons (Fsp3) is 0.375. The topological polar surface area (TPSA) is 46.2 Å². The number of amides is 1. The van der Waals surface area contributed by atoms with Gasteiger partial charge in [0.25, 0.3) is 0 Å². The third-order valence-electron chi connectivity index (χ3n) is 3.33. The molecule has 0 radical (unpaired) electrons. The van der Waals surface area contributed by atoms with Gasteiger partial charge in [-0.2, -0.15) is 0 Å². The first-order valence-corrected chi connectivity index (χ1v) is 7.45. The number of ketones is 1. The summed E-state index contributed by atoms with van der Waals surface area (Å²) in [7, 11) is 0. The molecule has 0 saturated heterocycles. The summed E-state index contributed by atoms with van der Waals surface area (Å²) in [4.78, 5) is 24.2. The summed E-state index contributed by atoms with van der Waals surface area (Å²) in [6.07, 6.45) is 2.67. The molecule has 4 heteroatoms. The third-order valence-corrected chi connectivity index (χ3v) is 3.59. The van der Waals surface area contributed by atoms with Gasteiger partial charge in [-0.1, -0.05) is 31.2 Å². The van der Waals surface area contributed by atoms with Gasteiger partial charge in [0, 0.05) is 17.9 Å². The van der Waals surface area contributed by atoms with Crippen LogP contribution in [0.5, 0.6) is 0 Å². The van der Waals surface area contributed by atoms with E-state index in [9.17, 15) is 9.59 Å². The highest BCUT2D eigenvalue weighted by atomic mass is 35.5. The second kappa shape index (κ2) is 6.71. The van der Waals surface area contributed by atoms with Gasteiger partial charge in [-0.05, 0) is 30.4 Å². The number of benzene rings is 1. The lowest BCUT2D eigenvalue weighted by atomic mass is 10.0. The highest BCUT2D eigenvalue weighted by Crippen LogP contribution is 2.34. The maximum atomic E-state index is 12.4. The van der Waals surface area contributed by atoms with Crippen LogP contribution >= 0.6 is 11.6 Å². The SMILES string of the molecule is CCCC(=O)NC1=C(CCCCl)c2ccccc2C1=O. The molecule has 1 aromatic carbocycles. The predicted octanol–water partition coefficient (Wildman–Crippen LogP) is 3.53. The van der Waals surface area contributed by atoms with Crippen LogP contribution in [-0.2, 0) is 4.79 Å². The maximum Gasteiger partial charge on any atom is 0.224 e. The monoisotopic (exact) mass is 291 g/mol. The summed E-state index contributed by atoms with van der Waals surface area (Å²) in [5.74, 6) is 0.345. The number of rotatable bonds is 6. The molecular formula is C16H18ClNO2. The molecule has 1 aliphatic rings. The second-order valence-corrected chi connectivity index (χ2v) is 5.20. The number of alkyl halides is 1. The lowest BCUT2D eigenvalue weighted by Gasteiger charge is -2.08. The van der Waals surface area contributed by atoms with Gasteiger partial charge in [-0.25, -0.2) is 0 Å². The fourth-order valence-corrected chi connectivity index (χ4v) is 2.55. The van der Waals surface area contributed by atoms with Crippen molar-refractivity contribution in [3.8, 4) is 0 Å². The van der Waals surface area contributed by atoms with E-state index in [2.05, 4.69) is 5.32 Å². The zero-order valence-electron chi connectivity index (χ0n) is 11.5. The van der Waals surface area contributed by atoms with E-state index in [-0.39, 0.29) is 11.7 Å². The van der Waals surface area contributed by atoms with Gasteiger partial charge < -0.3 is 5.32 Å². The Morgan fingerprint density at radius 2 is 1.95 bits per heavy atom. The quantitative estimate of drug-likeness (QED) is 0.815. The van der Waals surface area contributed by atoms with Crippen molar-refractivity contribution in [2.45, 2.75) is 32.6 Å². The first-order valence-electron chi connectivity index (χ1n) is 6.92. The Balaban J connectivity index is 2.33. The number of halogens is 1. The van der Waals surface area contributed by atoms with Crippen LogP contribution in [0, 0.1) is 0 Å². The van der Waals surface area contributed by atoms with E-state index in [0.29, 0.717) is 30.0 Å². The Labute approximate surface area is 124 Å². The Hall–Kier alpha value is -1.61. The summed E-state index contributed by atoms with van der Waals surface area (Å²) in [5.41, 5.74) is 2.95. The predicted molar refractivity (Wildman–Crippen MR) is 80.7 cm³/mol. The molecular weight excluding hydrogens is 274 g/mol. The first-order chi connectivity index (χ1) is 9.69. The molecule has 1 aliphatic carbocycles. The molecule has 3 nitrogen and oxygen atoms in total. The average molecular weight is 292 g/mol. The van der Waals surface area contributed by atoms with E-state index >= 15 is 0 Å². The zero-order chi connectivity index (χ0) is 14.5. The van der Waals surface area contributed by atoms with Crippen molar-refractivity contribution in [2.75, 3.05) is 5.88 Å². The molecule has 20 heavy (non-hydrogen) atoms. The lowest BCUT2D eigenvalue weighted by molar-refractivity contribution is -0.120. The average Bonchev–Trinajstić information content (AvgIpc) is 2.71. The van der Waals surface area contributed by atoms with Crippen molar-refractivity contribution < 1.29 is 9.59 Å². The number of carbonyl (C=O) groups is 2. The van der Waals surface area contributed by atoms with E-state index in [1.165, 1.54) is 0 Å². The minimum absolute atomic E-state index is 0.0883. The van der Waals surface area contributed by atoms with Gasteiger partial charge in [0.05, 0.1) is 5.70 Å². The van der Waals surface area contributed by atoms with Gasteiger partial charge in [0.2, 0.25) is 11.7 Å². The summed E-state index contributed by atoms with van der Waals surface area (Å²) in [6, 6.07) is 7.48. The van der Waals surface area contributed by atoms with Crippen molar-refractivity contribution >= 4 is 28.9 Å². The van der Waals surface area contributed by atoms with Crippen molar-refractivity contribution in [3.05, 3.63) is 41.1 Å². The standard InChI is InChI=1S/C16H18ClNO2/c1-2-6-14(19)18-15-12(9-5-10-17)11-7-3-4-8-13(11)16(15)20/h3-4,7-8H,2,5-6,9-10H2,1H3,(H,18,19,20). The molecule has 0 bridgehead atoms. The number of Topliss-reactive ketones (excluding diaryl/α,β-unsaturated/α-hetero) is 1. The molecule has 106 valence electrons. The zero-order valence-corrected chi connectivity index (χ0v) is 12.3. The molecule has 1 aromatic rings. The van der Waals surface area contributed by atoms with Crippen LogP contribution in [0.15, 0.2) is 30.0 Å². The number of fused-ring (bicyclic) bond motifs is 1. The maximum absolute atomic E-state index is 12.4. The molecule has 0 heterocycles. The molecule has 2 rings (SSSR count). The molecule has 1 N–H and O–H groups in total. The van der Waals surface area contributed by atoms with Crippen molar-refractivity contribution in [1.82, 2.24) is 5.32 Å². The number of hydrogen-bond acceptors (Lipinski definition) is 2. The molecule has 0 spiro atoms.